The van der Waals surface area contributed by atoms with Gasteiger partial charge in [-0.05, 0) is 36.1 Å². The maximum absolute atomic E-state index is 12.2. The molecule has 114 valence electrons. The van der Waals surface area contributed by atoms with Crippen LogP contribution >= 0.6 is 11.8 Å². The Bertz CT molecular complexity index is 509. The average Bonchev–Trinajstić information content (AvgIpc) is 3.01. The van der Waals surface area contributed by atoms with Gasteiger partial charge in [-0.2, -0.15) is 11.8 Å². The number of nitrogens with two attached hydrogens (primary N) is 1. The monoisotopic (exact) mass is 306 g/mol. The third kappa shape index (κ3) is 3.42. The molecule has 2 heterocycles. The van der Waals surface area contributed by atoms with E-state index in [4.69, 9.17) is 10.5 Å². The van der Waals surface area contributed by atoms with Gasteiger partial charge < -0.3 is 15.8 Å². The summed E-state index contributed by atoms with van der Waals surface area (Å²) >= 11 is 1.92. The molecule has 1 fully saturated rings. The van der Waals surface area contributed by atoms with Gasteiger partial charge in [0.05, 0.1) is 6.10 Å². The van der Waals surface area contributed by atoms with E-state index in [1.165, 1.54) is 11.1 Å². The topological polar surface area (TPSA) is 64.4 Å². The highest BCUT2D eigenvalue weighted by atomic mass is 32.2. The summed E-state index contributed by atoms with van der Waals surface area (Å²) in [5.41, 5.74) is 8.36. The highest BCUT2D eigenvalue weighted by Gasteiger charge is 2.30. The molecule has 0 aliphatic carbocycles. The maximum Gasteiger partial charge on any atom is 0.249 e. The van der Waals surface area contributed by atoms with Crippen LogP contribution in [-0.2, 0) is 16.0 Å². The number of amides is 1. The van der Waals surface area contributed by atoms with Crippen LogP contribution in [0.15, 0.2) is 24.3 Å². The second kappa shape index (κ2) is 6.81. The standard InChI is InChI=1S/C16H22N2O2S/c17-9-12-5-6-14(20-12)16(19)18-10-15-13-4-2-1-3-11(13)7-8-21-15/h1-4,12,14-15H,5-10,17H2,(H,18,19)/t12-,14+,15?/m1/s1. The quantitative estimate of drug-likeness (QED) is 0.887. The van der Waals surface area contributed by atoms with Crippen molar-refractivity contribution in [3.8, 4) is 0 Å². The zero-order chi connectivity index (χ0) is 14.7. The van der Waals surface area contributed by atoms with E-state index in [2.05, 4.69) is 29.6 Å². The molecule has 0 aromatic heterocycles. The molecule has 1 aromatic rings. The zero-order valence-electron chi connectivity index (χ0n) is 12.1. The molecule has 1 saturated heterocycles. The van der Waals surface area contributed by atoms with Crippen LogP contribution in [0.3, 0.4) is 0 Å². The van der Waals surface area contributed by atoms with Gasteiger partial charge in [0.15, 0.2) is 0 Å². The lowest BCUT2D eigenvalue weighted by Crippen LogP contribution is -2.37. The number of nitrogens with one attached hydrogen (secondary N) is 1. The lowest BCUT2D eigenvalue weighted by atomic mass is 10.0. The SMILES string of the molecule is NC[C@H]1CC[C@@H](C(=O)NCC2SCCc3ccccc32)O1. The lowest BCUT2D eigenvalue weighted by Gasteiger charge is -2.25. The van der Waals surface area contributed by atoms with Crippen LogP contribution in [0.1, 0.15) is 29.2 Å². The second-order valence-corrected chi connectivity index (χ2v) is 6.92. The first-order chi connectivity index (χ1) is 10.3. The van der Waals surface area contributed by atoms with Crippen molar-refractivity contribution in [2.24, 2.45) is 5.73 Å². The summed E-state index contributed by atoms with van der Waals surface area (Å²) in [5, 5.41) is 3.41. The molecule has 4 nitrogen and oxygen atoms in total. The predicted octanol–water partition coefficient (Wildman–Crippen LogP) is 1.64. The molecule has 0 radical (unpaired) electrons. The molecule has 3 atom stereocenters. The summed E-state index contributed by atoms with van der Waals surface area (Å²) < 4.78 is 5.64. The molecule has 0 saturated carbocycles. The van der Waals surface area contributed by atoms with Crippen molar-refractivity contribution >= 4 is 17.7 Å². The first kappa shape index (κ1) is 14.9. The van der Waals surface area contributed by atoms with E-state index < -0.39 is 0 Å². The van der Waals surface area contributed by atoms with Crippen LogP contribution in [0, 0.1) is 0 Å². The summed E-state index contributed by atoms with van der Waals surface area (Å²) in [5.74, 6) is 1.13. The number of rotatable bonds is 4. The van der Waals surface area contributed by atoms with E-state index in [-0.39, 0.29) is 18.1 Å². The Morgan fingerprint density at radius 2 is 2.24 bits per heavy atom. The average molecular weight is 306 g/mol. The molecular formula is C16H22N2O2S. The van der Waals surface area contributed by atoms with E-state index in [0.29, 0.717) is 18.3 Å². The summed E-state index contributed by atoms with van der Waals surface area (Å²) in [7, 11) is 0. The molecular weight excluding hydrogens is 284 g/mol. The van der Waals surface area contributed by atoms with E-state index >= 15 is 0 Å². The summed E-state index contributed by atoms with van der Waals surface area (Å²) in [6.45, 7) is 1.17. The van der Waals surface area contributed by atoms with Gasteiger partial charge in [0.2, 0.25) is 5.91 Å². The van der Waals surface area contributed by atoms with Crippen molar-refractivity contribution in [1.29, 1.82) is 0 Å². The van der Waals surface area contributed by atoms with Crippen LogP contribution in [0.2, 0.25) is 0 Å². The largest absolute Gasteiger partial charge is 0.364 e. The zero-order valence-corrected chi connectivity index (χ0v) is 12.9. The number of hydrogen-bond donors (Lipinski definition) is 2. The molecule has 2 aliphatic heterocycles. The highest BCUT2D eigenvalue weighted by Crippen LogP contribution is 2.36. The molecule has 2 aliphatic rings. The van der Waals surface area contributed by atoms with Crippen molar-refractivity contribution in [2.45, 2.75) is 36.7 Å². The van der Waals surface area contributed by atoms with Crippen molar-refractivity contribution in [1.82, 2.24) is 5.32 Å². The number of ether oxygens (including phenoxy) is 1. The summed E-state index contributed by atoms with van der Waals surface area (Å²) in [6, 6.07) is 8.53. The van der Waals surface area contributed by atoms with Gasteiger partial charge in [0, 0.05) is 18.3 Å². The fraction of sp³-hybridized carbons (Fsp3) is 0.562. The third-order valence-electron chi connectivity index (χ3n) is 4.22. The Hall–Kier alpha value is -1.04. The Morgan fingerprint density at radius 3 is 3.05 bits per heavy atom. The van der Waals surface area contributed by atoms with E-state index in [1.54, 1.807) is 0 Å². The van der Waals surface area contributed by atoms with Crippen LogP contribution < -0.4 is 11.1 Å². The van der Waals surface area contributed by atoms with Gasteiger partial charge in [0.1, 0.15) is 6.10 Å². The minimum atomic E-state index is -0.317. The van der Waals surface area contributed by atoms with Crippen molar-refractivity contribution in [2.75, 3.05) is 18.8 Å². The minimum Gasteiger partial charge on any atom is -0.364 e. The number of fused-ring (bicyclic) bond motifs is 1. The van der Waals surface area contributed by atoms with Crippen LogP contribution in [-0.4, -0.2) is 37.0 Å². The Morgan fingerprint density at radius 1 is 1.38 bits per heavy atom. The van der Waals surface area contributed by atoms with Crippen LogP contribution in [0.5, 0.6) is 0 Å². The summed E-state index contributed by atoms with van der Waals surface area (Å²) in [6.07, 6.45) is 2.51. The normalized spacial score (nSPS) is 28.1. The van der Waals surface area contributed by atoms with Gasteiger partial charge in [0.25, 0.3) is 0 Å². The highest BCUT2D eigenvalue weighted by molar-refractivity contribution is 7.99. The van der Waals surface area contributed by atoms with Crippen LogP contribution in [0.4, 0.5) is 0 Å². The van der Waals surface area contributed by atoms with Gasteiger partial charge >= 0.3 is 0 Å². The van der Waals surface area contributed by atoms with Crippen molar-refractivity contribution < 1.29 is 9.53 Å². The van der Waals surface area contributed by atoms with Gasteiger partial charge in [-0.3, -0.25) is 4.79 Å². The van der Waals surface area contributed by atoms with Gasteiger partial charge in [-0.25, -0.2) is 0 Å². The van der Waals surface area contributed by atoms with Crippen molar-refractivity contribution in [3.63, 3.8) is 0 Å². The number of carbonyl (C=O) groups is 1. The fourth-order valence-corrected chi connectivity index (χ4v) is 4.26. The fourth-order valence-electron chi connectivity index (χ4n) is 3.02. The Kier molecular flexibility index (Phi) is 4.83. The van der Waals surface area contributed by atoms with Gasteiger partial charge in [-0.15, -0.1) is 0 Å². The second-order valence-electron chi connectivity index (χ2n) is 5.61. The number of hydrogen-bond acceptors (Lipinski definition) is 4. The summed E-state index contributed by atoms with van der Waals surface area (Å²) in [4.78, 5) is 12.2. The molecule has 1 aromatic carbocycles. The first-order valence-electron chi connectivity index (χ1n) is 7.60. The number of aryl methyl sites for hydroxylation is 1. The Balaban J connectivity index is 1.55. The number of benzene rings is 1. The molecule has 3 N–H and O–H groups in total. The maximum atomic E-state index is 12.2. The molecule has 3 rings (SSSR count). The number of carbonyl (C=O) groups excluding carboxylic acids is 1. The van der Waals surface area contributed by atoms with Crippen molar-refractivity contribution in [3.05, 3.63) is 35.4 Å². The predicted molar refractivity (Wildman–Crippen MR) is 85.3 cm³/mol. The molecule has 5 heteroatoms. The van der Waals surface area contributed by atoms with Gasteiger partial charge in [-0.1, -0.05) is 24.3 Å². The molecule has 21 heavy (non-hydrogen) atoms. The van der Waals surface area contributed by atoms with E-state index in [0.717, 1.165) is 25.0 Å². The molecule has 0 spiro atoms. The first-order valence-corrected chi connectivity index (χ1v) is 8.65. The van der Waals surface area contributed by atoms with E-state index in [1.807, 2.05) is 11.8 Å². The number of thioether (sulfide) groups is 1. The third-order valence-corrected chi connectivity index (χ3v) is 5.48. The molecule has 1 amide bonds. The molecule has 1 unspecified atom stereocenters. The smallest absolute Gasteiger partial charge is 0.249 e. The minimum absolute atomic E-state index is 0.00889. The molecule has 0 bridgehead atoms. The van der Waals surface area contributed by atoms with Crippen LogP contribution in [0.25, 0.3) is 0 Å². The van der Waals surface area contributed by atoms with E-state index in [9.17, 15) is 4.79 Å². The Labute approximate surface area is 129 Å². The lowest BCUT2D eigenvalue weighted by molar-refractivity contribution is -0.131.